The topological polar surface area (TPSA) is 92.7 Å². The molecule has 0 fully saturated rings. The number of carbonyl (C=O) groups is 1. The van der Waals surface area contributed by atoms with Crippen molar-refractivity contribution in [1.29, 1.82) is 0 Å². The van der Waals surface area contributed by atoms with Crippen LogP contribution in [-0.4, -0.2) is 38.2 Å². The number of sulfonamides is 1. The van der Waals surface area contributed by atoms with Gasteiger partial charge in [-0.3, -0.25) is 0 Å². The minimum absolute atomic E-state index is 0.357. The first-order valence-corrected chi connectivity index (χ1v) is 7.63. The third-order valence-electron chi connectivity index (χ3n) is 2.71. The van der Waals surface area contributed by atoms with Crippen molar-refractivity contribution in [2.75, 3.05) is 7.11 Å². The van der Waals surface area contributed by atoms with Gasteiger partial charge in [0.15, 0.2) is 11.9 Å². The summed E-state index contributed by atoms with van der Waals surface area (Å²) in [6, 6.07) is 3.48. The number of hydrogen-bond acceptors (Lipinski definition) is 5. The fourth-order valence-electron chi connectivity index (χ4n) is 1.55. The van der Waals surface area contributed by atoms with E-state index in [4.69, 9.17) is 11.6 Å². The summed E-state index contributed by atoms with van der Waals surface area (Å²) in [5.41, 5.74) is -1.61. The van der Waals surface area contributed by atoms with Gasteiger partial charge in [-0.2, -0.15) is 0 Å². The molecule has 0 heterocycles. The van der Waals surface area contributed by atoms with Gasteiger partial charge in [-0.1, -0.05) is 17.7 Å². The average Bonchev–Trinajstić information content (AvgIpc) is 2.38. The van der Waals surface area contributed by atoms with E-state index >= 15 is 0 Å². The number of nitrogens with one attached hydrogen (secondary N) is 1. The Hall–Kier alpha value is -1.22. The molecule has 0 unspecified atom stereocenters. The van der Waals surface area contributed by atoms with Gasteiger partial charge in [0.05, 0.1) is 17.7 Å². The van der Waals surface area contributed by atoms with Crippen molar-refractivity contribution in [3.63, 3.8) is 0 Å². The van der Waals surface area contributed by atoms with E-state index < -0.39 is 38.3 Å². The van der Waals surface area contributed by atoms with Crippen LogP contribution in [0.15, 0.2) is 23.1 Å². The van der Waals surface area contributed by atoms with Gasteiger partial charge in [-0.25, -0.2) is 22.3 Å². The Morgan fingerprint density at radius 1 is 1.48 bits per heavy atom. The second-order valence-corrected chi connectivity index (χ2v) is 6.86. The van der Waals surface area contributed by atoms with Crippen molar-refractivity contribution >= 4 is 27.6 Å². The van der Waals surface area contributed by atoms with Gasteiger partial charge in [0.1, 0.15) is 4.90 Å². The minimum Gasteiger partial charge on any atom is -0.467 e. The SMILES string of the molecule is COC(=O)[C@@H](O)C(C)(C)NS(=O)(=O)c1cccc(Cl)c1F. The molecule has 0 radical (unpaired) electrons. The maximum atomic E-state index is 13.8. The summed E-state index contributed by atoms with van der Waals surface area (Å²) in [4.78, 5) is 10.6. The molecule has 9 heteroatoms. The van der Waals surface area contributed by atoms with E-state index in [1.54, 1.807) is 0 Å². The molecule has 118 valence electrons. The monoisotopic (exact) mass is 339 g/mol. The molecule has 1 aromatic carbocycles. The van der Waals surface area contributed by atoms with Crippen LogP contribution in [0, 0.1) is 5.82 Å². The smallest absolute Gasteiger partial charge is 0.336 e. The van der Waals surface area contributed by atoms with E-state index in [9.17, 15) is 22.7 Å². The Morgan fingerprint density at radius 3 is 2.57 bits per heavy atom. The molecule has 0 bridgehead atoms. The quantitative estimate of drug-likeness (QED) is 0.783. The summed E-state index contributed by atoms with van der Waals surface area (Å²) in [7, 11) is -3.29. The molecule has 1 rings (SSSR count). The Bertz CT molecular complexity index is 647. The lowest BCUT2D eigenvalue weighted by Crippen LogP contribution is -2.55. The largest absolute Gasteiger partial charge is 0.467 e. The van der Waals surface area contributed by atoms with Crippen LogP contribution in [0.1, 0.15) is 13.8 Å². The maximum Gasteiger partial charge on any atom is 0.336 e. The molecule has 0 saturated carbocycles. The second-order valence-electron chi connectivity index (χ2n) is 4.80. The van der Waals surface area contributed by atoms with Crippen molar-refractivity contribution < 1.29 is 27.4 Å². The molecular formula is C12H15ClFNO5S. The van der Waals surface area contributed by atoms with E-state index in [2.05, 4.69) is 9.46 Å². The number of methoxy groups -OCH3 is 1. The lowest BCUT2D eigenvalue weighted by Gasteiger charge is -2.29. The van der Waals surface area contributed by atoms with E-state index in [0.717, 1.165) is 13.2 Å². The highest BCUT2D eigenvalue weighted by Gasteiger charge is 2.39. The summed E-state index contributed by atoms with van der Waals surface area (Å²) in [5.74, 6) is -2.13. The van der Waals surface area contributed by atoms with Crippen LogP contribution >= 0.6 is 11.6 Å². The second kappa shape index (κ2) is 6.27. The van der Waals surface area contributed by atoms with E-state index in [1.165, 1.54) is 26.0 Å². The Labute approximate surface area is 126 Å². The zero-order valence-corrected chi connectivity index (χ0v) is 13.1. The summed E-state index contributed by atoms with van der Waals surface area (Å²) in [5, 5.41) is 9.40. The van der Waals surface area contributed by atoms with Crippen LogP contribution in [-0.2, 0) is 19.6 Å². The Kier molecular flexibility index (Phi) is 5.32. The fraction of sp³-hybridized carbons (Fsp3) is 0.417. The first-order valence-electron chi connectivity index (χ1n) is 5.77. The molecule has 0 spiro atoms. The van der Waals surface area contributed by atoms with Gasteiger partial charge in [-0.05, 0) is 26.0 Å². The number of halogens is 2. The number of aliphatic hydroxyl groups is 1. The van der Waals surface area contributed by atoms with Crippen molar-refractivity contribution in [3.8, 4) is 0 Å². The van der Waals surface area contributed by atoms with Gasteiger partial charge < -0.3 is 9.84 Å². The number of carbonyl (C=O) groups excluding carboxylic acids is 1. The number of aliphatic hydroxyl groups excluding tert-OH is 1. The molecule has 1 atom stereocenters. The zero-order chi connectivity index (χ0) is 16.4. The highest BCUT2D eigenvalue weighted by Crippen LogP contribution is 2.23. The number of rotatable bonds is 5. The highest BCUT2D eigenvalue weighted by atomic mass is 35.5. The van der Waals surface area contributed by atoms with Crippen molar-refractivity contribution in [3.05, 3.63) is 29.0 Å². The van der Waals surface area contributed by atoms with E-state index in [0.29, 0.717) is 0 Å². The van der Waals surface area contributed by atoms with Crippen LogP contribution < -0.4 is 4.72 Å². The van der Waals surface area contributed by atoms with Crippen molar-refractivity contribution in [1.82, 2.24) is 4.72 Å². The average molecular weight is 340 g/mol. The summed E-state index contributed by atoms with van der Waals surface area (Å²) in [6.45, 7) is 2.52. The minimum atomic E-state index is -4.34. The molecule has 0 aliphatic carbocycles. The summed E-state index contributed by atoms with van der Waals surface area (Å²) < 4.78 is 44.5. The molecule has 21 heavy (non-hydrogen) atoms. The number of esters is 1. The van der Waals surface area contributed by atoms with Crippen LogP contribution in [0.2, 0.25) is 5.02 Å². The fourth-order valence-corrected chi connectivity index (χ4v) is 3.30. The predicted octanol–water partition coefficient (Wildman–Crippen LogP) is 1.07. The van der Waals surface area contributed by atoms with Crippen LogP contribution in [0.25, 0.3) is 0 Å². The molecule has 0 aliphatic heterocycles. The highest BCUT2D eigenvalue weighted by molar-refractivity contribution is 7.89. The molecule has 0 saturated heterocycles. The lowest BCUT2D eigenvalue weighted by atomic mass is 9.99. The molecule has 2 N–H and O–H groups in total. The number of benzene rings is 1. The third-order valence-corrected chi connectivity index (χ3v) is 4.69. The molecule has 6 nitrogen and oxygen atoms in total. The Balaban J connectivity index is 3.16. The van der Waals surface area contributed by atoms with Crippen molar-refractivity contribution in [2.45, 2.75) is 30.4 Å². The molecule has 1 aromatic rings. The van der Waals surface area contributed by atoms with Crippen LogP contribution in [0.5, 0.6) is 0 Å². The Morgan fingerprint density at radius 2 is 2.05 bits per heavy atom. The van der Waals surface area contributed by atoms with Gasteiger partial charge >= 0.3 is 5.97 Å². The van der Waals surface area contributed by atoms with Gasteiger partial charge in [0.2, 0.25) is 10.0 Å². The van der Waals surface area contributed by atoms with E-state index in [-0.39, 0.29) is 5.02 Å². The predicted molar refractivity (Wildman–Crippen MR) is 73.8 cm³/mol. The third kappa shape index (κ3) is 3.91. The number of hydrogen-bond donors (Lipinski definition) is 2. The summed E-state index contributed by atoms with van der Waals surface area (Å²) >= 11 is 5.54. The standard InChI is InChI=1S/C12H15ClFNO5S/c1-12(2,10(16)11(17)20-3)15-21(18,19)8-6-4-5-7(13)9(8)14/h4-6,10,15-16H,1-3H3/t10-/m1/s1. The van der Waals surface area contributed by atoms with Gasteiger partial charge in [0, 0.05) is 0 Å². The van der Waals surface area contributed by atoms with Gasteiger partial charge in [-0.15, -0.1) is 0 Å². The first-order chi connectivity index (χ1) is 9.53. The zero-order valence-electron chi connectivity index (χ0n) is 11.6. The van der Waals surface area contributed by atoms with Crippen LogP contribution in [0.4, 0.5) is 4.39 Å². The summed E-state index contributed by atoms with van der Waals surface area (Å²) in [6.07, 6.45) is -1.76. The molecule has 0 aliphatic rings. The maximum absolute atomic E-state index is 13.8. The van der Waals surface area contributed by atoms with Crippen molar-refractivity contribution in [2.24, 2.45) is 0 Å². The van der Waals surface area contributed by atoms with E-state index in [1.807, 2.05) is 0 Å². The first kappa shape index (κ1) is 17.8. The number of ether oxygens (including phenoxy) is 1. The van der Waals surface area contributed by atoms with Gasteiger partial charge in [0.25, 0.3) is 0 Å². The molecule has 0 amide bonds. The molecule has 0 aromatic heterocycles. The molecular weight excluding hydrogens is 325 g/mol. The van der Waals surface area contributed by atoms with Crippen LogP contribution in [0.3, 0.4) is 0 Å². The lowest BCUT2D eigenvalue weighted by molar-refractivity contribution is -0.153. The normalized spacial score (nSPS) is 13.8.